The molecule has 1 aliphatic heterocycles. The van der Waals surface area contributed by atoms with E-state index in [9.17, 15) is 4.79 Å². The van der Waals surface area contributed by atoms with Crippen molar-refractivity contribution in [1.29, 1.82) is 0 Å². The van der Waals surface area contributed by atoms with Gasteiger partial charge in [0.2, 0.25) is 5.91 Å². The highest BCUT2D eigenvalue weighted by atomic mass is 16.5. The molecule has 0 spiro atoms. The van der Waals surface area contributed by atoms with E-state index in [1.807, 2.05) is 33.7 Å². The maximum absolute atomic E-state index is 12.5. The van der Waals surface area contributed by atoms with E-state index in [1.54, 1.807) is 12.5 Å². The molecular weight excluding hydrogens is 268 g/mol. The molecule has 1 aromatic carbocycles. The summed E-state index contributed by atoms with van der Waals surface area (Å²) in [5.41, 5.74) is 2.89. The Labute approximate surface area is 121 Å². The molecule has 0 N–H and O–H groups in total. The Balaban J connectivity index is 1.54. The van der Waals surface area contributed by atoms with E-state index < -0.39 is 0 Å². The second kappa shape index (κ2) is 4.73. The first-order chi connectivity index (χ1) is 10.3. The van der Waals surface area contributed by atoms with Gasteiger partial charge in [0.05, 0.1) is 30.1 Å². The Hall–Kier alpha value is -2.63. The zero-order valence-electron chi connectivity index (χ0n) is 11.4. The molecular formula is C15H14N4O2. The second-order valence-corrected chi connectivity index (χ2v) is 5.20. The van der Waals surface area contributed by atoms with Crippen LogP contribution in [0.5, 0.6) is 0 Å². The SMILES string of the molecule is O=C(Cn1cnc2ccccc21)N1CCc2oncc2C1. The third kappa shape index (κ3) is 2.08. The number of hydrogen-bond donors (Lipinski definition) is 0. The summed E-state index contributed by atoms with van der Waals surface area (Å²) in [5, 5.41) is 3.79. The van der Waals surface area contributed by atoms with Crippen molar-refractivity contribution in [3.05, 3.63) is 48.1 Å². The first kappa shape index (κ1) is 12.1. The fourth-order valence-corrected chi connectivity index (χ4v) is 2.74. The van der Waals surface area contributed by atoms with Crippen LogP contribution in [-0.4, -0.2) is 32.1 Å². The van der Waals surface area contributed by atoms with Gasteiger partial charge in [-0.2, -0.15) is 0 Å². The third-order valence-electron chi connectivity index (χ3n) is 3.89. The van der Waals surface area contributed by atoms with Crippen LogP contribution in [0.4, 0.5) is 0 Å². The molecule has 21 heavy (non-hydrogen) atoms. The summed E-state index contributed by atoms with van der Waals surface area (Å²) in [4.78, 5) is 18.6. The zero-order valence-corrected chi connectivity index (χ0v) is 11.4. The Bertz CT molecular complexity index is 805. The van der Waals surface area contributed by atoms with Crippen molar-refractivity contribution in [1.82, 2.24) is 19.6 Å². The lowest BCUT2D eigenvalue weighted by molar-refractivity contribution is -0.132. The molecule has 0 fully saturated rings. The van der Waals surface area contributed by atoms with Crippen LogP contribution in [0, 0.1) is 0 Å². The maximum Gasteiger partial charge on any atom is 0.242 e. The standard InChI is InChI=1S/C15H14N4O2/c20-15(18-6-5-14-11(8-18)7-17-21-14)9-19-10-16-12-3-1-2-4-13(12)19/h1-4,7,10H,5-6,8-9H2. The van der Waals surface area contributed by atoms with Gasteiger partial charge >= 0.3 is 0 Å². The van der Waals surface area contributed by atoms with Gasteiger partial charge in [-0.1, -0.05) is 17.3 Å². The van der Waals surface area contributed by atoms with Crippen LogP contribution in [0.15, 0.2) is 41.3 Å². The van der Waals surface area contributed by atoms with Crippen molar-refractivity contribution in [2.75, 3.05) is 6.54 Å². The van der Waals surface area contributed by atoms with Crippen molar-refractivity contribution in [3.8, 4) is 0 Å². The Morgan fingerprint density at radius 2 is 2.24 bits per heavy atom. The van der Waals surface area contributed by atoms with Crippen LogP contribution >= 0.6 is 0 Å². The number of amides is 1. The van der Waals surface area contributed by atoms with Crippen LogP contribution in [0.1, 0.15) is 11.3 Å². The lowest BCUT2D eigenvalue weighted by atomic mass is 10.1. The minimum atomic E-state index is 0.0880. The van der Waals surface area contributed by atoms with Crippen molar-refractivity contribution >= 4 is 16.9 Å². The van der Waals surface area contributed by atoms with Gasteiger partial charge in [-0.15, -0.1) is 0 Å². The molecule has 0 atom stereocenters. The molecule has 106 valence electrons. The second-order valence-electron chi connectivity index (χ2n) is 5.20. The van der Waals surface area contributed by atoms with Crippen LogP contribution in [0.3, 0.4) is 0 Å². The molecule has 0 unspecified atom stereocenters. The van der Waals surface area contributed by atoms with Crippen LogP contribution in [0.2, 0.25) is 0 Å². The molecule has 6 nitrogen and oxygen atoms in total. The Morgan fingerprint density at radius 3 is 3.19 bits per heavy atom. The fourth-order valence-electron chi connectivity index (χ4n) is 2.74. The first-order valence-corrected chi connectivity index (χ1v) is 6.91. The number of para-hydroxylation sites is 2. The number of carbonyl (C=O) groups is 1. The largest absolute Gasteiger partial charge is 0.361 e. The quantitative estimate of drug-likeness (QED) is 0.716. The molecule has 0 saturated heterocycles. The number of nitrogens with zero attached hydrogens (tertiary/aromatic N) is 4. The molecule has 0 saturated carbocycles. The van der Waals surface area contributed by atoms with Crippen LogP contribution < -0.4 is 0 Å². The number of aromatic nitrogens is 3. The number of carbonyl (C=O) groups excluding carboxylic acids is 1. The summed E-state index contributed by atoms with van der Waals surface area (Å²) in [6.07, 6.45) is 4.14. The smallest absolute Gasteiger partial charge is 0.242 e. The monoisotopic (exact) mass is 282 g/mol. The van der Waals surface area contributed by atoms with Gasteiger partial charge in [-0.3, -0.25) is 4.79 Å². The molecule has 0 aliphatic carbocycles. The molecule has 3 aromatic rings. The molecule has 0 radical (unpaired) electrons. The van der Waals surface area contributed by atoms with Crippen molar-refractivity contribution in [2.24, 2.45) is 0 Å². The van der Waals surface area contributed by atoms with E-state index in [2.05, 4.69) is 10.1 Å². The highest BCUT2D eigenvalue weighted by Crippen LogP contribution is 2.19. The predicted molar refractivity (Wildman–Crippen MR) is 75.4 cm³/mol. The first-order valence-electron chi connectivity index (χ1n) is 6.91. The fraction of sp³-hybridized carbons (Fsp3) is 0.267. The van der Waals surface area contributed by atoms with E-state index in [0.717, 1.165) is 28.8 Å². The van der Waals surface area contributed by atoms with Crippen LogP contribution in [0.25, 0.3) is 11.0 Å². The zero-order chi connectivity index (χ0) is 14.2. The average molecular weight is 282 g/mol. The highest BCUT2D eigenvalue weighted by molar-refractivity contribution is 5.80. The van der Waals surface area contributed by atoms with Gasteiger partial charge in [-0.05, 0) is 12.1 Å². The number of benzene rings is 1. The number of hydrogen-bond acceptors (Lipinski definition) is 4. The summed E-state index contributed by atoms with van der Waals surface area (Å²) in [6.45, 7) is 1.55. The molecule has 3 heterocycles. The van der Waals surface area contributed by atoms with E-state index in [4.69, 9.17) is 4.52 Å². The van der Waals surface area contributed by atoms with Crippen molar-refractivity contribution in [3.63, 3.8) is 0 Å². The number of fused-ring (bicyclic) bond motifs is 2. The molecule has 1 aliphatic rings. The summed E-state index contributed by atoms with van der Waals surface area (Å²) >= 11 is 0. The van der Waals surface area contributed by atoms with Crippen molar-refractivity contribution < 1.29 is 9.32 Å². The number of rotatable bonds is 2. The summed E-state index contributed by atoms with van der Waals surface area (Å²) < 4.78 is 7.03. The van der Waals surface area contributed by atoms with Gasteiger partial charge < -0.3 is 14.0 Å². The van der Waals surface area contributed by atoms with Gasteiger partial charge in [0, 0.05) is 18.5 Å². The summed E-state index contributed by atoms with van der Waals surface area (Å²) in [7, 11) is 0. The molecule has 2 aromatic heterocycles. The third-order valence-corrected chi connectivity index (χ3v) is 3.89. The minimum absolute atomic E-state index is 0.0880. The lowest BCUT2D eigenvalue weighted by Gasteiger charge is -2.25. The lowest BCUT2D eigenvalue weighted by Crippen LogP contribution is -2.37. The Kier molecular flexibility index (Phi) is 2.73. The number of imidazole rings is 1. The average Bonchev–Trinajstić information content (AvgIpc) is 3.13. The molecule has 6 heteroatoms. The topological polar surface area (TPSA) is 64.2 Å². The highest BCUT2D eigenvalue weighted by Gasteiger charge is 2.23. The molecule has 4 rings (SSSR count). The van der Waals surface area contributed by atoms with Gasteiger partial charge in [-0.25, -0.2) is 4.98 Å². The molecule has 0 bridgehead atoms. The van der Waals surface area contributed by atoms with Crippen molar-refractivity contribution in [2.45, 2.75) is 19.5 Å². The van der Waals surface area contributed by atoms with E-state index in [1.165, 1.54) is 0 Å². The summed E-state index contributed by atoms with van der Waals surface area (Å²) in [5.74, 6) is 0.983. The van der Waals surface area contributed by atoms with E-state index >= 15 is 0 Å². The van der Waals surface area contributed by atoms with Gasteiger partial charge in [0.1, 0.15) is 12.3 Å². The Morgan fingerprint density at radius 1 is 1.33 bits per heavy atom. The minimum Gasteiger partial charge on any atom is -0.361 e. The maximum atomic E-state index is 12.5. The molecule has 1 amide bonds. The van der Waals surface area contributed by atoms with E-state index in [0.29, 0.717) is 19.6 Å². The van der Waals surface area contributed by atoms with Gasteiger partial charge in [0.15, 0.2) is 0 Å². The normalized spacial score (nSPS) is 14.4. The predicted octanol–water partition coefficient (Wildman–Crippen LogP) is 1.61. The van der Waals surface area contributed by atoms with Gasteiger partial charge in [0.25, 0.3) is 0 Å². The van der Waals surface area contributed by atoms with Crippen LogP contribution in [-0.2, 0) is 24.3 Å². The van der Waals surface area contributed by atoms with E-state index in [-0.39, 0.29) is 5.91 Å². The summed E-state index contributed by atoms with van der Waals surface area (Å²) in [6, 6.07) is 7.82.